The fraction of sp³-hybridized carbons (Fsp3) is 0.654. The number of nitrogens with zero attached hydrogens (tertiary/aromatic N) is 3. The summed E-state index contributed by atoms with van der Waals surface area (Å²) >= 11 is 11.2. The number of amides is 3. The van der Waals surface area contributed by atoms with E-state index in [9.17, 15) is 14.4 Å². The highest BCUT2D eigenvalue weighted by Gasteiger charge is 2.75. The predicted molar refractivity (Wildman–Crippen MR) is 160 cm³/mol. The first kappa shape index (κ1) is 30.0. The van der Waals surface area contributed by atoms with Gasteiger partial charge in [0.15, 0.2) is 17.2 Å². The van der Waals surface area contributed by atoms with E-state index in [0.29, 0.717) is 5.69 Å². The molecule has 2 unspecified atom stereocenters. The van der Waals surface area contributed by atoms with Crippen LogP contribution >= 0.6 is 47.8 Å². The summed E-state index contributed by atoms with van der Waals surface area (Å²) in [5.41, 5.74) is 0.686. The van der Waals surface area contributed by atoms with Gasteiger partial charge in [-0.1, -0.05) is 70.8 Å². The Balaban J connectivity index is 1.83. The van der Waals surface area contributed by atoms with Crippen LogP contribution in [0.2, 0.25) is 18.1 Å². The summed E-state index contributed by atoms with van der Waals surface area (Å²) in [6.07, 6.45) is -1.24. The maximum absolute atomic E-state index is 14.5. The van der Waals surface area contributed by atoms with Crippen LogP contribution in [0.1, 0.15) is 53.5 Å². The lowest BCUT2D eigenvalue weighted by molar-refractivity contribution is -0.165. The third-order valence-corrected chi connectivity index (χ3v) is 15.8. The van der Waals surface area contributed by atoms with Gasteiger partial charge in [0.25, 0.3) is 11.8 Å². The molecule has 0 aliphatic carbocycles. The van der Waals surface area contributed by atoms with Crippen molar-refractivity contribution in [2.75, 3.05) is 18.6 Å². The number of likely N-dealkylation sites (N-methyl/N-ethyl adjacent to an activating group) is 1. The molecule has 0 bridgehead atoms. The molecule has 2 saturated heterocycles. The molecule has 3 aliphatic heterocycles. The zero-order valence-electron chi connectivity index (χ0n) is 23.3. The molecule has 0 saturated carbocycles. The maximum atomic E-state index is 14.5. The van der Waals surface area contributed by atoms with Crippen molar-refractivity contribution in [2.45, 2.75) is 91.1 Å². The number of anilines is 1. The molecule has 0 N–H and O–H groups in total. The second-order valence-electron chi connectivity index (χ2n) is 12.9. The minimum Gasteiger partial charge on any atom is -0.443 e. The molecule has 2 fully saturated rings. The number of halogens is 3. The highest BCUT2D eigenvalue weighted by molar-refractivity contribution is 9.11. The number of ether oxygens (including phenoxy) is 1. The van der Waals surface area contributed by atoms with Gasteiger partial charge < -0.3 is 14.1 Å². The van der Waals surface area contributed by atoms with E-state index in [2.05, 4.69) is 81.7 Å². The van der Waals surface area contributed by atoms with E-state index < -0.39 is 39.4 Å². The molecule has 3 aliphatic rings. The molecule has 210 valence electrons. The molecule has 1 aromatic carbocycles. The maximum Gasteiger partial charge on any atom is 0.416 e. The van der Waals surface area contributed by atoms with Gasteiger partial charge in [-0.05, 0) is 66.5 Å². The van der Waals surface area contributed by atoms with Crippen LogP contribution in [-0.2, 0) is 23.1 Å². The van der Waals surface area contributed by atoms with Crippen molar-refractivity contribution in [3.05, 3.63) is 29.8 Å². The van der Waals surface area contributed by atoms with Crippen LogP contribution in [0.4, 0.5) is 10.5 Å². The van der Waals surface area contributed by atoms with E-state index >= 15 is 0 Å². The Morgan fingerprint density at radius 3 is 2.18 bits per heavy atom. The van der Waals surface area contributed by atoms with Gasteiger partial charge in [-0.25, -0.2) is 4.79 Å². The molecular weight excluding hydrogens is 702 g/mol. The summed E-state index contributed by atoms with van der Waals surface area (Å²) in [4.78, 5) is 46.7. The molecule has 12 heteroatoms. The smallest absolute Gasteiger partial charge is 0.416 e. The average Bonchev–Trinajstić information content (AvgIpc) is 3.16. The van der Waals surface area contributed by atoms with Crippen LogP contribution in [0.15, 0.2) is 24.3 Å². The standard InChI is InChI=1S/C26H36Br3N3O5Si/c1-22(2,3)37-21(35)31-17-13-11-10-12-16(17)24(27)14-25(28)19(33)30(7)26(29,20(34)32(25)18(24)31)15-36-38(8,9)23(4,5)6/h10-13,18H,14-15H2,1-9H3/t18-,24+,25?,26?/m1/s1. The van der Waals surface area contributed by atoms with E-state index in [-0.39, 0.29) is 29.9 Å². The summed E-state index contributed by atoms with van der Waals surface area (Å²) in [5.74, 6) is -0.675. The monoisotopic (exact) mass is 735 g/mol. The summed E-state index contributed by atoms with van der Waals surface area (Å²) in [5, 5.41) is -0.0882. The summed E-state index contributed by atoms with van der Waals surface area (Å²) in [7, 11) is -0.655. The average molecular weight is 738 g/mol. The van der Waals surface area contributed by atoms with Gasteiger partial charge in [-0.15, -0.1) is 0 Å². The van der Waals surface area contributed by atoms with Crippen molar-refractivity contribution >= 4 is 79.7 Å². The quantitative estimate of drug-likeness (QED) is 0.208. The summed E-state index contributed by atoms with van der Waals surface area (Å²) in [6, 6.07) is 7.47. The van der Waals surface area contributed by atoms with E-state index in [0.717, 1.165) is 5.56 Å². The third kappa shape index (κ3) is 4.31. The Bertz CT molecular complexity index is 1200. The van der Waals surface area contributed by atoms with E-state index in [1.807, 2.05) is 24.3 Å². The Morgan fingerprint density at radius 2 is 1.63 bits per heavy atom. The van der Waals surface area contributed by atoms with Gasteiger partial charge in [0.2, 0.25) is 0 Å². The molecule has 4 rings (SSSR count). The Morgan fingerprint density at radius 1 is 1.05 bits per heavy atom. The molecule has 38 heavy (non-hydrogen) atoms. The number of rotatable bonds is 3. The summed E-state index contributed by atoms with van der Waals surface area (Å²) < 4.78 is 8.52. The minimum absolute atomic E-state index is 0.0223. The van der Waals surface area contributed by atoms with Gasteiger partial charge in [0.05, 0.1) is 16.6 Å². The van der Waals surface area contributed by atoms with Crippen molar-refractivity contribution in [1.82, 2.24) is 9.80 Å². The van der Waals surface area contributed by atoms with Crippen LogP contribution in [0.5, 0.6) is 0 Å². The first-order chi connectivity index (χ1) is 17.1. The molecular formula is C26H36Br3N3O5Si. The van der Waals surface area contributed by atoms with Crippen molar-refractivity contribution in [3.8, 4) is 0 Å². The highest BCUT2D eigenvalue weighted by Crippen LogP contribution is 2.64. The van der Waals surface area contributed by atoms with Gasteiger partial charge in [0, 0.05) is 13.5 Å². The largest absolute Gasteiger partial charge is 0.443 e. The number of benzene rings is 1. The van der Waals surface area contributed by atoms with E-state index in [4.69, 9.17) is 9.16 Å². The number of para-hydroxylation sites is 1. The highest BCUT2D eigenvalue weighted by atomic mass is 79.9. The molecule has 3 amide bonds. The summed E-state index contributed by atoms with van der Waals surface area (Å²) in [6.45, 7) is 15.9. The Kier molecular flexibility index (Phi) is 7.13. The van der Waals surface area contributed by atoms with E-state index in [1.54, 1.807) is 27.8 Å². The number of piperazine rings is 1. The lowest BCUT2D eigenvalue weighted by Gasteiger charge is -2.52. The van der Waals surface area contributed by atoms with Crippen molar-refractivity contribution in [2.24, 2.45) is 0 Å². The Hall–Kier alpha value is -0.953. The lowest BCUT2D eigenvalue weighted by Crippen LogP contribution is -2.74. The lowest BCUT2D eigenvalue weighted by atomic mass is 9.95. The van der Waals surface area contributed by atoms with Gasteiger partial charge in [-0.3, -0.25) is 19.4 Å². The molecule has 0 spiro atoms. The molecule has 4 atom stereocenters. The van der Waals surface area contributed by atoms with Gasteiger partial charge in [-0.2, -0.15) is 0 Å². The topological polar surface area (TPSA) is 79.4 Å². The van der Waals surface area contributed by atoms with Crippen molar-refractivity contribution < 1.29 is 23.5 Å². The molecule has 0 radical (unpaired) electrons. The fourth-order valence-electron chi connectivity index (χ4n) is 4.99. The van der Waals surface area contributed by atoms with Crippen molar-refractivity contribution in [3.63, 3.8) is 0 Å². The Labute approximate surface area is 251 Å². The first-order valence-corrected chi connectivity index (χ1v) is 17.8. The van der Waals surface area contributed by atoms with Crippen LogP contribution in [0.3, 0.4) is 0 Å². The normalized spacial score (nSPS) is 31.4. The minimum atomic E-state index is -2.26. The first-order valence-electron chi connectivity index (χ1n) is 12.6. The number of hydrogen-bond donors (Lipinski definition) is 0. The number of carbonyl (C=O) groups is 3. The third-order valence-electron chi connectivity index (χ3n) is 8.11. The number of fused-ring (bicyclic) bond motifs is 5. The SMILES string of the molecule is CN1C(=O)C2(Br)C[C@]3(Br)c4ccccc4N(C(=O)OC(C)(C)C)[C@@H]3N2C(=O)C1(Br)CO[Si](C)(C)C(C)(C)C. The fourth-order valence-corrected chi connectivity index (χ4v) is 9.26. The van der Waals surface area contributed by atoms with Gasteiger partial charge in [0.1, 0.15) is 11.8 Å². The van der Waals surface area contributed by atoms with Crippen LogP contribution in [0.25, 0.3) is 0 Å². The van der Waals surface area contributed by atoms with Gasteiger partial charge >= 0.3 is 6.09 Å². The van der Waals surface area contributed by atoms with Crippen LogP contribution < -0.4 is 4.90 Å². The predicted octanol–water partition coefficient (Wildman–Crippen LogP) is 6.27. The number of carbonyl (C=O) groups excluding carboxylic acids is 3. The molecule has 8 nitrogen and oxygen atoms in total. The second kappa shape index (κ2) is 9.02. The van der Waals surface area contributed by atoms with Crippen molar-refractivity contribution in [1.29, 1.82) is 0 Å². The van der Waals surface area contributed by atoms with E-state index in [1.165, 1.54) is 14.7 Å². The molecule has 1 aromatic rings. The zero-order valence-corrected chi connectivity index (χ0v) is 29.1. The molecule has 3 heterocycles. The second-order valence-corrected chi connectivity index (χ2v) is 21.7. The van der Waals surface area contributed by atoms with Crippen LogP contribution in [-0.4, -0.2) is 70.3 Å². The molecule has 0 aromatic heterocycles. The zero-order chi connectivity index (χ0) is 28.9. The number of hydrogen-bond acceptors (Lipinski definition) is 5. The van der Waals surface area contributed by atoms with Crippen LogP contribution in [0, 0.1) is 0 Å². The number of alkyl halides is 3.